The molecule has 1 aromatic heterocycles. The van der Waals surface area contributed by atoms with E-state index in [0.717, 1.165) is 42.8 Å². The van der Waals surface area contributed by atoms with Gasteiger partial charge in [-0.05, 0) is 6.07 Å². The van der Waals surface area contributed by atoms with Crippen LogP contribution in [-0.2, 0) is 4.79 Å². The average molecular weight is 271 g/mol. The van der Waals surface area contributed by atoms with Gasteiger partial charge in [-0.1, -0.05) is 18.2 Å². The summed E-state index contributed by atoms with van der Waals surface area (Å²) in [5, 5.41) is 15.4. The van der Waals surface area contributed by atoms with Crippen molar-refractivity contribution in [1.29, 1.82) is 0 Å². The fraction of sp³-hybridized carbons (Fsp3) is 0.357. The van der Waals surface area contributed by atoms with Gasteiger partial charge < -0.3 is 15.5 Å². The van der Waals surface area contributed by atoms with Crippen LogP contribution in [0.1, 0.15) is 0 Å². The Morgan fingerprint density at radius 2 is 2.10 bits per heavy atom. The topological polar surface area (TPSA) is 70.2 Å². The molecule has 0 aliphatic carbocycles. The third-order valence-corrected chi connectivity index (χ3v) is 3.45. The summed E-state index contributed by atoms with van der Waals surface area (Å²) < 4.78 is 0. The minimum absolute atomic E-state index is 0.118. The second-order valence-electron chi connectivity index (χ2n) is 4.76. The predicted molar refractivity (Wildman–Crippen MR) is 77.5 cm³/mol. The van der Waals surface area contributed by atoms with Gasteiger partial charge in [0.15, 0.2) is 0 Å². The molecule has 2 heterocycles. The van der Waals surface area contributed by atoms with Crippen LogP contribution in [0, 0.1) is 0 Å². The highest BCUT2D eigenvalue weighted by Crippen LogP contribution is 2.19. The number of amides is 1. The molecule has 104 valence electrons. The van der Waals surface area contributed by atoms with Crippen molar-refractivity contribution in [3.05, 3.63) is 30.5 Å². The summed E-state index contributed by atoms with van der Waals surface area (Å²) in [6, 6.07) is 7.76. The molecule has 3 rings (SSSR count). The van der Waals surface area contributed by atoms with Crippen molar-refractivity contribution in [2.75, 3.05) is 38.0 Å². The van der Waals surface area contributed by atoms with Crippen LogP contribution >= 0.6 is 0 Å². The zero-order chi connectivity index (χ0) is 13.8. The smallest absolute Gasteiger partial charge is 0.241 e. The molecule has 20 heavy (non-hydrogen) atoms. The monoisotopic (exact) mass is 271 g/mol. The number of piperazine rings is 1. The van der Waals surface area contributed by atoms with Gasteiger partial charge in [-0.2, -0.15) is 10.2 Å². The van der Waals surface area contributed by atoms with Crippen LogP contribution in [0.15, 0.2) is 30.5 Å². The summed E-state index contributed by atoms with van der Waals surface area (Å²) in [6.45, 7) is 3.57. The SMILES string of the molecule is O=C(CNc1cnnc2ccccc12)N1CCNCC1. The molecule has 1 amide bonds. The van der Waals surface area contributed by atoms with Gasteiger partial charge in [-0.25, -0.2) is 0 Å². The lowest BCUT2D eigenvalue weighted by Gasteiger charge is -2.27. The molecule has 2 aromatic rings. The normalized spacial score (nSPS) is 15.3. The highest BCUT2D eigenvalue weighted by atomic mass is 16.2. The first kappa shape index (κ1) is 12.8. The lowest BCUT2D eigenvalue weighted by Crippen LogP contribution is -2.48. The molecule has 6 heteroatoms. The van der Waals surface area contributed by atoms with Gasteiger partial charge in [0, 0.05) is 31.6 Å². The second-order valence-corrected chi connectivity index (χ2v) is 4.76. The van der Waals surface area contributed by atoms with Gasteiger partial charge in [-0.15, -0.1) is 0 Å². The van der Waals surface area contributed by atoms with Crippen molar-refractivity contribution in [3.8, 4) is 0 Å². The van der Waals surface area contributed by atoms with Crippen LogP contribution in [0.25, 0.3) is 10.9 Å². The molecule has 1 aromatic carbocycles. The molecule has 1 aliphatic rings. The Kier molecular flexibility index (Phi) is 3.73. The molecule has 2 N–H and O–H groups in total. The maximum absolute atomic E-state index is 12.1. The zero-order valence-electron chi connectivity index (χ0n) is 11.2. The first-order valence-corrected chi connectivity index (χ1v) is 6.77. The van der Waals surface area contributed by atoms with E-state index in [-0.39, 0.29) is 12.5 Å². The number of hydrogen-bond donors (Lipinski definition) is 2. The molecule has 0 radical (unpaired) electrons. The van der Waals surface area contributed by atoms with Gasteiger partial charge in [0.05, 0.1) is 23.9 Å². The highest BCUT2D eigenvalue weighted by molar-refractivity contribution is 5.92. The third-order valence-electron chi connectivity index (χ3n) is 3.45. The number of carbonyl (C=O) groups excluding carboxylic acids is 1. The quantitative estimate of drug-likeness (QED) is 0.849. The van der Waals surface area contributed by atoms with E-state index < -0.39 is 0 Å². The number of benzene rings is 1. The number of anilines is 1. The second kappa shape index (κ2) is 5.83. The molecule has 1 aliphatic heterocycles. The van der Waals surface area contributed by atoms with Gasteiger partial charge in [0.1, 0.15) is 0 Å². The third kappa shape index (κ3) is 2.70. The molecule has 0 bridgehead atoms. The van der Waals surface area contributed by atoms with Crippen LogP contribution < -0.4 is 10.6 Å². The van der Waals surface area contributed by atoms with E-state index in [1.807, 2.05) is 29.2 Å². The van der Waals surface area contributed by atoms with Crippen LogP contribution in [0.3, 0.4) is 0 Å². The van der Waals surface area contributed by atoms with Crippen LogP contribution in [-0.4, -0.2) is 53.7 Å². The molecular formula is C14H17N5O. The number of hydrogen-bond acceptors (Lipinski definition) is 5. The fourth-order valence-electron chi connectivity index (χ4n) is 2.34. The predicted octanol–water partition coefficient (Wildman–Crippen LogP) is 0.473. The molecule has 6 nitrogen and oxygen atoms in total. The minimum Gasteiger partial charge on any atom is -0.374 e. The highest BCUT2D eigenvalue weighted by Gasteiger charge is 2.15. The standard InChI is InChI=1S/C14H17N5O/c20-14(19-7-5-15-6-8-19)10-16-13-9-17-18-12-4-2-1-3-11(12)13/h1-4,9,15H,5-8,10H2,(H,16,18). The lowest BCUT2D eigenvalue weighted by atomic mass is 10.2. The Labute approximate surface area is 117 Å². The Hall–Kier alpha value is -2.21. The van der Waals surface area contributed by atoms with E-state index in [0.29, 0.717) is 0 Å². The Morgan fingerprint density at radius 3 is 2.95 bits per heavy atom. The van der Waals surface area contributed by atoms with E-state index in [1.165, 1.54) is 0 Å². The number of aromatic nitrogens is 2. The van der Waals surface area contributed by atoms with E-state index in [9.17, 15) is 4.79 Å². The van der Waals surface area contributed by atoms with E-state index in [2.05, 4.69) is 20.8 Å². The molecule has 0 unspecified atom stereocenters. The van der Waals surface area contributed by atoms with Crippen molar-refractivity contribution < 1.29 is 4.79 Å². The maximum Gasteiger partial charge on any atom is 0.241 e. The van der Waals surface area contributed by atoms with Gasteiger partial charge in [0.2, 0.25) is 5.91 Å². The minimum atomic E-state index is 0.118. The van der Waals surface area contributed by atoms with Crippen molar-refractivity contribution in [2.45, 2.75) is 0 Å². The van der Waals surface area contributed by atoms with Crippen molar-refractivity contribution in [2.24, 2.45) is 0 Å². The Balaban J connectivity index is 1.69. The van der Waals surface area contributed by atoms with Gasteiger partial charge >= 0.3 is 0 Å². The lowest BCUT2D eigenvalue weighted by molar-refractivity contribution is -0.129. The molecule has 0 spiro atoms. The van der Waals surface area contributed by atoms with Crippen LogP contribution in [0.2, 0.25) is 0 Å². The van der Waals surface area contributed by atoms with Crippen molar-refractivity contribution in [3.63, 3.8) is 0 Å². The molecule has 0 atom stereocenters. The van der Waals surface area contributed by atoms with E-state index in [1.54, 1.807) is 6.20 Å². The zero-order valence-corrected chi connectivity index (χ0v) is 11.2. The maximum atomic E-state index is 12.1. The van der Waals surface area contributed by atoms with Crippen LogP contribution in [0.4, 0.5) is 5.69 Å². The number of carbonyl (C=O) groups is 1. The van der Waals surface area contributed by atoms with Crippen molar-refractivity contribution in [1.82, 2.24) is 20.4 Å². The van der Waals surface area contributed by atoms with Gasteiger partial charge in [0.25, 0.3) is 0 Å². The molecular weight excluding hydrogens is 254 g/mol. The van der Waals surface area contributed by atoms with Crippen molar-refractivity contribution >= 4 is 22.5 Å². The largest absolute Gasteiger partial charge is 0.374 e. The number of fused-ring (bicyclic) bond motifs is 1. The molecule has 0 saturated carbocycles. The Bertz CT molecular complexity index is 604. The number of nitrogens with zero attached hydrogens (tertiary/aromatic N) is 3. The first-order valence-electron chi connectivity index (χ1n) is 6.77. The summed E-state index contributed by atoms with van der Waals surface area (Å²) in [5.41, 5.74) is 1.67. The summed E-state index contributed by atoms with van der Waals surface area (Å²) in [5.74, 6) is 0.118. The summed E-state index contributed by atoms with van der Waals surface area (Å²) >= 11 is 0. The van der Waals surface area contributed by atoms with Gasteiger partial charge in [-0.3, -0.25) is 4.79 Å². The number of rotatable bonds is 3. The Morgan fingerprint density at radius 1 is 1.30 bits per heavy atom. The summed E-state index contributed by atoms with van der Waals surface area (Å²) in [6.07, 6.45) is 1.66. The molecule has 1 fully saturated rings. The first-order chi connectivity index (χ1) is 9.84. The summed E-state index contributed by atoms with van der Waals surface area (Å²) in [4.78, 5) is 14.0. The van der Waals surface area contributed by atoms with E-state index in [4.69, 9.17) is 0 Å². The fourth-order valence-corrected chi connectivity index (χ4v) is 2.34. The average Bonchev–Trinajstić information content (AvgIpc) is 2.53. The van der Waals surface area contributed by atoms with Crippen LogP contribution in [0.5, 0.6) is 0 Å². The van der Waals surface area contributed by atoms with E-state index >= 15 is 0 Å². The molecule has 1 saturated heterocycles. The number of nitrogens with one attached hydrogen (secondary N) is 2. The summed E-state index contributed by atoms with van der Waals surface area (Å²) in [7, 11) is 0.